The van der Waals surface area contributed by atoms with Crippen LogP contribution in [0.15, 0.2) is 24.3 Å². The Bertz CT molecular complexity index is 693. The predicted octanol–water partition coefficient (Wildman–Crippen LogP) is 3.80. The molecule has 5 nitrogen and oxygen atoms in total. The summed E-state index contributed by atoms with van der Waals surface area (Å²) >= 11 is 0. The minimum atomic E-state index is -4.35. The van der Waals surface area contributed by atoms with Gasteiger partial charge in [-0.2, -0.15) is 13.2 Å². The van der Waals surface area contributed by atoms with E-state index >= 15 is 0 Å². The lowest BCUT2D eigenvalue weighted by Crippen LogP contribution is -2.57. The third-order valence-corrected chi connectivity index (χ3v) is 5.99. The van der Waals surface area contributed by atoms with Gasteiger partial charge in [0.15, 0.2) is 0 Å². The van der Waals surface area contributed by atoms with E-state index in [1.165, 1.54) is 31.4 Å². The van der Waals surface area contributed by atoms with Gasteiger partial charge in [0.25, 0.3) is 0 Å². The van der Waals surface area contributed by atoms with Crippen LogP contribution in [0.2, 0.25) is 0 Å². The number of urea groups is 1. The van der Waals surface area contributed by atoms with Crippen molar-refractivity contribution in [2.45, 2.75) is 44.8 Å². The number of likely N-dealkylation sites (tertiary alicyclic amines) is 1. The first-order chi connectivity index (χ1) is 13.7. The lowest BCUT2D eigenvalue weighted by molar-refractivity contribution is -0.137. The third kappa shape index (κ3) is 5.56. The van der Waals surface area contributed by atoms with Crippen molar-refractivity contribution in [3.8, 4) is 0 Å². The Balaban J connectivity index is 1.49. The van der Waals surface area contributed by atoms with Crippen molar-refractivity contribution in [2.75, 3.05) is 50.7 Å². The highest BCUT2D eigenvalue weighted by Gasteiger charge is 2.32. The molecule has 0 radical (unpaired) electrons. The molecule has 2 amide bonds. The molecule has 8 heteroatoms. The zero-order valence-corrected chi connectivity index (χ0v) is 17.3. The molecule has 0 aromatic heterocycles. The van der Waals surface area contributed by atoms with Crippen LogP contribution < -0.4 is 10.2 Å². The Hall–Kier alpha value is -1.96. The van der Waals surface area contributed by atoms with Crippen molar-refractivity contribution in [2.24, 2.45) is 0 Å². The maximum absolute atomic E-state index is 12.9. The molecule has 2 heterocycles. The van der Waals surface area contributed by atoms with Crippen LogP contribution >= 0.6 is 0 Å². The maximum atomic E-state index is 12.9. The number of piperazine rings is 1. The van der Waals surface area contributed by atoms with Gasteiger partial charge in [-0.25, -0.2) is 4.79 Å². The lowest BCUT2D eigenvalue weighted by Gasteiger charge is -2.42. The zero-order valence-electron chi connectivity index (χ0n) is 17.3. The third-order valence-electron chi connectivity index (χ3n) is 5.99. The fourth-order valence-electron chi connectivity index (χ4n) is 4.06. The summed E-state index contributed by atoms with van der Waals surface area (Å²) in [6, 6.07) is 5.28. The zero-order chi connectivity index (χ0) is 21.1. The summed E-state index contributed by atoms with van der Waals surface area (Å²) in [5, 5.41) is 3.05. The first-order valence-corrected chi connectivity index (χ1v) is 10.4. The van der Waals surface area contributed by atoms with E-state index in [0.717, 1.165) is 19.2 Å². The normalized spacial score (nSPS) is 19.3. The molecule has 0 saturated carbocycles. The predicted molar refractivity (Wildman–Crippen MR) is 108 cm³/mol. The van der Waals surface area contributed by atoms with Crippen LogP contribution in [0.3, 0.4) is 0 Å². The topological polar surface area (TPSA) is 38.8 Å². The maximum Gasteiger partial charge on any atom is 0.416 e. The average molecular weight is 413 g/mol. The van der Waals surface area contributed by atoms with E-state index in [0.29, 0.717) is 38.4 Å². The fourth-order valence-corrected chi connectivity index (χ4v) is 4.06. The Labute approximate surface area is 170 Å². The molecule has 0 unspecified atom stereocenters. The number of hydrogen-bond donors (Lipinski definition) is 1. The minimum absolute atomic E-state index is 0.0874. The summed E-state index contributed by atoms with van der Waals surface area (Å²) in [4.78, 5) is 18.7. The molecule has 2 aliphatic heterocycles. The quantitative estimate of drug-likeness (QED) is 0.818. The van der Waals surface area contributed by atoms with Gasteiger partial charge in [0.2, 0.25) is 0 Å². The number of hydrogen-bond acceptors (Lipinski definition) is 3. The van der Waals surface area contributed by atoms with E-state index in [1.807, 2.05) is 4.90 Å². The van der Waals surface area contributed by atoms with Gasteiger partial charge in [-0.1, -0.05) is 12.5 Å². The summed E-state index contributed by atoms with van der Waals surface area (Å²) < 4.78 is 38.8. The number of benzene rings is 1. The molecule has 29 heavy (non-hydrogen) atoms. The molecule has 0 atom stereocenters. The van der Waals surface area contributed by atoms with Gasteiger partial charge >= 0.3 is 12.2 Å². The highest BCUT2D eigenvalue weighted by molar-refractivity contribution is 5.74. The number of nitrogens with one attached hydrogen (secondary N) is 1. The molecule has 1 aromatic carbocycles. The summed E-state index contributed by atoms with van der Waals surface area (Å²) in [5.74, 6) is 0. The SMILES string of the molecule is CC(C)(CNC(=O)N1CCN(c2cccc(C(F)(F)F)c2)CC1)N1CCCCC1. The van der Waals surface area contributed by atoms with E-state index in [4.69, 9.17) is 0 Å². The Kier molecular flexibility index (Phi) is 6.61. The van der Waals surface area contributed by atoms with Gasteiger partial charge in [0.1, 0.15) is 0 Å². The molecule has 0 spiro atoms. The van der Waals surface area contributed by atoms with Crippen molar-refractivity contribution in [3.05, 3.63) is 29.8 Å². The number of alkyl halides is 3. The van der Waals surface area contributed by atoms with Gasteiger partial charge in [-0.15, -0.1) is 0 Å². The van der Waals surface area contributed by atoms with E-state index in [2.05, 4.69) is 24.1 Å². The number of carbonyl (C=O) groups is 1. The van der Waals surface area contributed by atoms with Gasteiger partial charge in [-0.05, 0) is 58.0 Å². The minimum Gasteiger partial charge on any atom is -0.368 e. The molecule has 0 aliphatic carbocycles. The fraction of sp³-hybridized carbons (Fsp3) is 0.667. The molecular formula is C21H31F3N4O. The van der Waals surface area contributed by atoms with Crippen LogP contribution in [0.5, 0.6) is 0 Å². The second-order valence-corrected chi connectivity index (χ2v) is 8.54. The molecule has 2 aliphatic rings. The number of rotatable bonds is 4. The van der Waals surface area contributed by atoms with Crippen molar-refractivity contribution in [3.63, 3.8) is 0 Å². The molecular weight excluding hydrogens is 381 g/mol. The first-order valence-electron chi connectivity index (χ1n) is 10.4. The van der Waals surface area contributed by atoms with E-state index < -0.39 is 11.7 Å². The monoisotopic (exact) mass is 412 g/mol. The lowest BCUT2D eigenvalue weighted by atomic mass is 9.98. The van der Waals surface area contributed by atoms with Gasteiger partial charge in [0.05, 0.1) is 5.56 Å². The van der Waals surface area contributed by atoms with Crippen molar-refractivity contribution < 1.29 is 18.0 Å². The largest absolute Gasteiger partial charge is 0.416 e. The molecule has 162 valence electrons. The van der Waals surface area contributed by atoms with Crippen LogP contribution in [0, 0.1) is 0 Å². The summed E-state index contributed by atoms with van der Waals surface area (Å²) in [7, 11) is 0. The van der Waals surface area contributed by atoms with Crippen LogP contribution in [0.4, 0.5) is 23.7 Å². The van der Waals surface area contributed by atoms with Crippen molar-refractivity contribution >= 4 is 11.7 Å². The van der Waals surface area contributed by atoms with Crippen LogP contribution in [-0.2, 0) is 6.18 Å². The summed E-state index contributed by atoms with van der Waals surface area (Å²) in [6.45, 7) is 9.05. The molecule has 1 aromatic rings. The van der Waals surface area contributed by atoms with E-state index in [9.17, 15) is 18.0 Å². The molecule has 3 rings (SSSR count). The summed E-state index contributed by atoms with van der Waals surface area (Å²) in [6.07, 6.45) is -0.669. The highest BCUT2D eigenvalue weighted by atomic mass is 19.4. The van der Waals surface area contributed by atoms with Gasteiger partial charge in [0, 0.05) is 44.0 Å². The number of halogens is 3. The van der Waals surface area contributed by atoms with E-state index in [-0.39, 0.29) is 11.6 Å². The number of carbonyl (C=O) groups excluding carboxylic acids is 1. The molecule has 2 fully saturated rings. The average Bonchev–Trinajstić information content (AvgIpc) is 2.72. The van der Waals surface area contributed by atoms with Crippen LogP contribution in [-0.4, -0.2) is 67.2 Å². The number of piperidine rings is 1. The first kappa shape index (κ1) is 21.7. The molecule has 2 saturated heterocycles. The second kappa shape index (κ2) is 8.81. The van der Waals surface area contributed by atoms with Gasteiger partial charge < -0.3 is 15.1 Å². The Morgan fingerprint density at radius 3 is 2.28 bits per heavy atom. The second-order valence-electron chi connectivity index (χ2n) is 8.54. The number of amides is 2. The van der Waals surface area contributed by atoms with Crippen LogP contribution in [0.25, 0.3) is 0 Å². The number of anilines is 1. The Morgan fingerprint density at radius 2 is 1.66 bits per heavy atom. The standard InChI is InChI=1S/C21H31F3N4O/c1-20(2,28-9-4-3-5-10-28)16-25-19(29)27-13-11-26(12-14-27)18-8-6-7-17(15-18)21(22,23)24/h6-8,15H,3-5,9-14,16H2,1-2H3,(H,25,29). The molecule has 0 bridgehead atoms. The van der Waals surface area contributed by atoms with Crippen LogP contribution in [0.1, 0.15) is 38.7 Å². The van der Waals surface area contributed by atoms with E-state index in [1.54, 1.807) is 11.0 Å². The smallest absolute Gasteiger partial charge is 0.368 e. The summed E-state index contributed by atoms with van der Waals surface area (Å²) in [5.41, 5.74) is -0.183. The highest BCUT2D eigenvalue weighted by Crippen LogP contribution is 2.31. The number of nitrogens with zero attached hydrogens (tertiary/aromatic N) is 3. The van der Waals surface area contributed by atoms with Crippen molar-refractivity contribution in [1.29, 1.82) is 0 Å². The van der Waals surface area contributed by atoms with Crippen molar-refractivity contribution in [1.82, 2.24) is 15.1 Å². The Morgan fingerprint density at radius 1 is 1.00 bits per heavy atom. The van der Waals surface area contributed by atoms with Gasteiger partial charge in [-0.3, -0.25) is 4.90 Å². The molecule has 1 N–H and O–H groups in total.